The van der Waals surface area contributed by atoms with Crippen molar-refractivity contribution in [2.24, 2.45) is 0 Å². The number of benzene rings is 1. The molecule has 24 heavy (non-hydrogen) atoms. The van der Waals surface area contributed by atoms with Crippen molar-refractivity contribution in [3.8, 4) is 11.5 Å². The van der Waals surface area contributed by atoms with Gasteiger partial charge in [0.2, 0.25) is 0 Å². The van der Waals surface area contributed by atoms with Crippen molar-refractivity contribution in [2.75, 3.05) is 13.7 Å². The van der Waals surface area contributed by atoms with Crippen molar-refractivity contribution in [3.63, 3.8) is 0 Å². The van der Waals surface area contributed by atoms with Gasteiger partial charge in [0.25, 0.3) is 5.91 Å². The number of nitrogens with zero attached hydrogens (tertiary/aromatic N) is 1. The first-order chi connectivity index (χ1) is 11.4. The van der Waals surface area contributed by atoms with Crippen molar-refractivity contribution in [2.45, 2.75) is 19.4 Å². The van der Waals surface area contributed by atoms with E-state index >= 15 is 0 Å². The minimum absolute atomic E-state index is 0.105. The molecule has 2 heterocycles. The number of thioether (sulfide) groups is 1. The second-order valence-corrected chi connectivity index (χ2v) is 7.17. The zero-order valence-corrected chi connectivity index (χ0v) is 14.7. The Morgan fingerprint density at radius 1 is 1.58 bits per heavy atom. The SMILES string of the molecule is COc1cc2c(cc1/C=C1\SC(=S)N(CC(=O)O)C1=O)OC(C)C2. The summed E-state index contributed by atoms with van der Waals surface area (Å²) in [4.78, 5) is 24.6. The monoisotopic (exact) mass is 365 g/mol. The maximum atomic E-state index is 12.4. The summed E-state index contributed by atoms with van der Waals surface area (Å²) in [6, 6.07) is 3.74. The summed E-state index contributed by atoms with van der Waals surface area (Å²) in [5.74, 6) is -0.111. The van der Waals surface area contributed by atoms with Crippen LogP contribution in [0.2, 0.25) is 0 Å². The van der Waals surface area contributed by atoms with E-state index in [4.69, 9.17) is 26.8 Å². The molecule has 1 aromatic carbocycles. The molecule has 1 fully saturated rings. The number of carbonyl (C=O) groups is 2. The van der Waals surface area contributed by atoms with Gasteiger partial charge in [-0.25, -0.2) is 0 Å². The number of rotatable bonds is 4. The zero-order valence-electron chi connectivity index (χ0n) is 13.1. The van der Waals surface area contributed by atoms with Gasteiger partial charge in [-0.15, -0.1) is 0 Å². The van der Waals surface area contributed by atoms with Crippen molar-refractivity contribution >= 4 is 46.3 Å². The molecule has 1 aromatic rings. The third-order valence-electron chi connectivity index (χ3n) is 3.70. The highest BCUT2D eigenvalue weighted by molar-refractivity contribution is 8.26. The summed E-state index contributed by atoms with van der Waals surface area (Å²) in [7, 11) is 1.56. The van der Waals surface area contributed by atoms with Crippen LogP contribution in [-0.2, 0) is 16.0 Å². The Hall–Kier alpha value is -2.06. The highest BCUT2D eigenvalue weighted by Crippen LogP contribution is 2.38. The lowest BCUT2D eigenvalue weighted by atomic mass is 10.1. The maximum Gasteiger partial charge on any atom is 0.323 e. The molecular weight excluding hydrogens is 350 g/mol. The summed E-state index contributed by atoms with van der Waals surface area (Å²) >= 11 is 6.17. The molecular formula is C16H15NO5S2. The van der Waals surface area contributed by atoms with Crippen LogP contribution >= 0.6 is 24.0 Å². The average molecular weight is 365 g/mol. The first kappa shape index (κ1) is 16.8. The van der Waals surface area contributed by atoms with E-state index in [-0.39, 0.29) is 10.4 Å². The number of ether oxygens (including phenoxy) is 2. The van der Waals surface area contributed by atoms with Gasteiger partial charge in [0.1, 0.15) is 28.5 Å². The molecule has 0 aliphatic carbocycles. The summed E-state index contributed by atoms with van der Waals surface area (Å²) in [6.45, 7) is 1.55. The van der Waals surface area contributed by atoms with Crippen LogP contribution in [0.4, 0.5) is 0 Å². The molecule has 1 saturated heterocycles. The average Bonchev–Trinajstić information content (AvgIpc) is 2.99. The molecule has 0 saturated carbocycles. The smallest absolute Gasteiger partial charge is 0.323 e. The van der Waals surface area contributed by atoms with Gasteiger partial charge in [-0.05, 0) is 25.1 Å². The third-order valence-corrected chi connectivity index (χ3v) is 5.08. The number of carboxylic acid groups (broad SMARTS) is 1. The van der Waals surface area contributed by atoms with Gasteiger partial charge in [-0.1, -0.05) is 24.0 Å². The summed E-state index contributed by atoms with van der Waals surface area (Å²) in [5.41, 5.74) is 1.76. The van der Waals surface area contributed by atoms with Crippen LogP contribution in [0, 0.1) is 0 Å². The fourth-order valence-electron chi connectivity index (χ4n) is 2.66. The fraction of sp³-hybridized carbons (Fsp3) is 0.312. The number of carboxylic acids is 1. The molecule has 1 N–H and O–H groups in total. The zero-order chi connectivity index (χ0) is 17.4. The van der Waals surface area contributed by atoms with Crippen LogP contribution in [0.1, 0.15) is 18.1 Å². The third kappa shape index (κ3) is 3.11. The van der Waals surface area contributed by atoms with E-state index in [0.29, 0.717) is 16.2 Å². The summed E-state index contributed by atoms with van der Waals surface area (Å²) < 4.78 is 11.4. The minimum Gasteiger partial charge on any atom is -0.496 e. The molecule has 1 atom stereocenters. The van der Waals surface area contributed by atoms with Crippen LogP contribution in [0.25, 0.3) is 6.08 Å². The number of thiocarbonyl (C=S) groups is 1. The number of amides is 1. The van der Waals surface area contributed by atoms with Crippen LogP contribution in [0.3, 0.4) is 0 Å². The largest absolute Gasteiger partial charge is 0.496 e. The van der Waals surface area contributed by atoms with Crippen LogP contribution in [0.5, 0.6) is 11.5 Å². The van der Waals surface area contributed by atoms with Crippen molar-refractivity contribution in [1.82, 2.24) is 4.90 Å². The lowest BCUT2D eigenvalue weighted by molar-refractivity contribution is -0.140. The number of hydrogen-bond acceptors (Lipinski definition) is 6. The van der Waals surface area contributed by atoms with Crippen molar-refractivity contribution in [3.05, 3.63) is 28.2 Å². The van der Waals surface area contributed by atoms with Crippen molar-refractivity contribution in [1.29, 1.82) is 0 Å². The first-order valence-electron chi connectivity index (χ1n) is 7.23. The van der Waals surface area contributed by atoms with Gasteiger partial charge >= 0.3 is 5.97 Å². The highest BCUT2D eigenvalue weighted by Gasteiger charge is 2.33. The van der Waals surface area contributed by atoms with Gasteiger partial charge in [-0.3, -0.25) is 14.5 Å². The van der Waals surface area contributed by atoms with Crippen LogP contribution in [0.15, 0.2) is 17.0 Å². The lowest BCUT2D eigenvalue weighted by Gasteiger charge is -2.10. The summed E-state index contributed by atoms with van der Waals surface area (Å²) in [5, 5.41) is 8.88. The first-order valence-corrected chi connectivity index (χ1v) is 8.46. The van der Waals surface area contributed by atoms with E-state index in [1.54, 1.807) is 13.2 Å². The van der Waals surface area contributed by atoms with E-state index in [0.717, 1.165) is 34.4 Å². The van der Waals surface area contributed by atoms with E-state index in [1.807, 2.05) is 19.1 Å². The Labute approximate surface area is 148 Å². The Morgan fingerprint density at radius 3 is 3.00 bits per heavy atom. The Morgan fingerprint density at radius 2 is 2.33 bits per heavy atom. The Kier molecular flexibility index (Phi) is 4.51. The second kappa shape index (κ2) is 6.45. The van der Waals surface area contributed by atoms with Gasteiger partial charge in [0.05, 0.1) is 12.0 Å². The normalized spacial score (nSPS) is 21.2. The molecule has 0 spiro atoms. The van der Waals surface area contributed by atoms with E-state index < -0.39 is 18.4 Å². The molecule has 0 bridgehead atoms. The number of fused-ring (bicyclic) bond motifs is 1. The summed E-state index contributed by atoms with van der Waals surface area (Å²) in [6.07, 6.45) is 2.58. The standard InChI is InChI=1S/C16H15NO5S2/c1-8-3-9-4-11(21-2)10(5-12(9)22-8)6-13-15(20)17(7-14(18)19)16(23)24-13/h4-6,8H,3,7H2,1-2H3,(H,18,19)/b13-6-. The van der Waals surface area contributed by atoms with E-state index in [2.05, 4.69) is 0 Å². The molecule has 0 aromatic heterocycles. The molecule has 1 amide bonds. The van der Waals surface area contributed by atoms with Gasteiger partial charge in [-0.2, -0.15) is 0 Å². The van der Waals surface area contributed by atoms with Crippen molar-refractivity contribution < 1.29 is 24.2 Å². The number of carbonyl (C=O) groups excluding carboxylic acids is 1. The van der Waals surface area contributed by atoms with Gasteiger partial charge in [0, 0.05) is 17.5 Å². The predicted molar refractivity (Wildman–Crippen MR) is 94.3 cm³/mol. The molecule has 2 aliphatic heterocycles. The number of aliphatic carboxylic acids is 1. The van der Waals surface area contributed by atoms with E-state index in [1.165, 1.54) is 0 Å². The molecule has 126 valence electrons. The quantitative estimate of drug-likeness (QED) is 0.648. The van der Waals surface area contributed by atoms with Gasteiger partial charge in [0.15, 0.2) is 0 Å². The lowest BCUT2D eigenvalue weighted by Crippen LogP contribution is -2.33. The fourth-order valence-corrected chi connectivity index (χ4v) is 3.90. The van der Waals surface area contributed by atoms with Gasteiger partial charge < -0.3 is 14.6 Å². The molecule has 6 nitrogen and oxygen atoms in total. The topological polar surface area (TPSA) is 76.1 Å². The second-order valence-electron chi connectivity index (χ2n) is 5.50. The molecule has 0 radical (unpaired) electrons. The molecule has 2 aliphatic rings. The highest BCUT2D eigenvalue weighted by atomic mass is 32.2. The van der Waals surface area contributed by atoms with Crippen LogP contribution in [-0.4, -0.2) is 46.0 Å². The Balaban J connectivity index is 1.94. The van der Waals surface area contributed by atoms with Crippen LogP contribution < -0.4 is 9.47 Å². The molecule has 8 heteroatoms. The number of methoxy groups -OCH3 is 1. The van der Waals surface area contributed by atoms with E-state index in [9.17, 15) is 9.59 Å². The number of hydrogen-bond donors (Lipinski definition) is 1. The maximum absolute atomic E-state index is 12.4. The predicted octanol–water partition coefficient (Wildman–Crippen LogP) is 2.30. The minimum atomic E-state index is -1.11. The Bertz CT molecular complexity index is 774. The molecule has 3 rings (SSSR count). The molecule has 1 unspecified atom stereocenters.